The van der Waals surface area contributed by atoms with Crippen LogP contribution in [-0.2, 0) is 4.74 Å². The van der Waals surface area contributed by atoms with E-state index in [1.165, 1.54) is 0 Å². The average molecular weight is 310 g/mol. The van der Waals surface area contributed by atoms with Crippen molar-refractivity contribution in [1.29, 1.82) is 0 Å². The highest BCUT2D eigenvalue weighted by Crippen LogP contribution is 2.30. The van der Waals surface area contributed by atoms with Gasteiger partial charge in [-0.25, -0.2) is 4.98 Å². The third-order valence-electron chi connectivity index (χ3n) is 2.26. The second-order valence-corrected chi connectivity index (χ2v) is 4.63. The maximum atomic E-state index is 5.35. The van der Waals surface area contributed by atoms with Crippen molar-refractivity contribution in [2.75, 3.05) is 13.2 Å². The van der Waals surface area contributed by atoms with E-state index in [1.807, 2.05) is 6.92 Å². The van der Waals surface area contributed by atoms with Gasteiger partial charge in [0.1, 0.15) is 15.0 Å². The Balaban J connectivity index is 2.37. The minimum atomic E-state index is 0.438. The molecule has 1 aromatic rings. The Labute approximate surface area is 93.7 Å². The van der Waals surface area contributed by atoms with E-state index >= 15 is 0 Å². The first-order valence-electron chi connectivity index (χ1n) is 4.17. The van der Waals surface area contributed by atoms with Gasteiger partial charge in [0, 0.05) is 6.61 Å². The number of rotatable bonds is 1. The maximum Gasteiger partial charge on any atom is 0.139 e. The summed E-state index contributed by atoms with van der Waals surface area (Å²) in [4.78, 5) is 4.33. The molecule has 2 rings (SSSR count). The molecule has 1 atom stereocenters. The Morgan fingerprint density at radius 1 is 1.54 bits per heavy atom. The highest BCUT2D eigenvalue weighted by molar-refractivity contribution is 9.13. The Bertz CT molecular complexity index is 318. The van der Waals surface area contributed by atoms with Gasteiger partial charge in [0.15, 0.2) is 0 Å². The molecular formula is C8H10Br2N2O. The minimum absolute atomic E-state index is 0.438. The lowest BCUT2D eigenvalue weighted by atomic mass is 10.2. The van der Waals surface area contributed by atoms with Crippen LogP contribution in [0.15, 0.2) is 9.21 Å². The molecule has 13 heavy (non-hydrogen) atoms. The average Bonchev–Trinajstić information content (AvgIpc) is 2.63. The van der Waals surface area contributed by atoms with Crippen LogP contribution in [0.1, 0.15) is 18.3 Å². The lowest BCUT2D eigenvalue weighted by Gasteiger charge is -2.12. The monoisotopic (exact) mass is 308 g/mol. The predicted molar refractivity (Wildman–Crippen MR) is 56.8 cm³/mol. The molecule has 0 saturated carbocycles. The number of nitrogens with zero attached hydrogens (tertiary/aromatic N) is 2. The van der Waals surface area contributed by atoms with E-state index in [4.69, 9.17) is 4.74 Å². The van der Waals surface area contributed by atoms with Gasteiger partial charge < -0.3 is 9.30 Å². The SMILES string of the molecule is Cc1nc(Br)c(Br)n1C1CCOC1. The molecule has 2 heterocycles. The number of aryl methyl sites for hydroxylation is 1. The number of hydrogen-bond donors (Lipinski definition) is 0. The molecule has 0 amide bonds. The number of imidazole rings is 1. The molecule has 5 heteroatoms. The summed E-state index contributed by atoms with van der Waals surface area (Å²) < 4.78 is 9.41. The zero-order valence-corrected chi connectivity index (χ0v) is 10.4. The van der Waals surface area contributed by atoms with Crippen LogP contribution in [-0.4, -0.2) is 22.8 Å². The van der Waals surface area contributed by atoms with E-state index in [9.17, 15) is 0 Å². The third-order valence-corrected chi connectivity index (χ3v) is 4.10. The zero-order valence-electron chi connectivity index (χ0n) is 7.26. The van der Waals surface area contributed by atoms with E-state index < -0.39 is 0 Å². The Morgan fingerprint density at radius 2 is 2.31 bits per heavy atom. The highest BCUT2D eigenvalue weighted by Gasteiger charge is 2.22. The fraction of sp³-hybridized carbons (Fsp3) is 0.625. The van der Waals surface area contributed by atoms with Crippen molar-refractivity contribution in [3.63, 3.8) is 0 Å². The first kappa shape index (κ1) is 9.68. The van der Waals surface area contributed by atoms with Gasteiger partial charge in [0.2, 0.25) is 0 Å². The quantitative estimate of drug-likeness (QED) is 0.797. The molecule has 1 unspecified atom stereocenters. The fourth-order valence-corrected chi connectivity index (χ4v) is 2.72. The van der Waals surface area contributed by atoms with Crippen LogP contribution in [0.4, 0.5) is 0 Å². The van der Waals surface area contributed by atoms with E-state index in [2.05, 4.69) is 41.4 Å². The molecule has 3 nitrogen and oxygen atoms in total. The normalized spacial score (nSPS) is 22.5. The second kappa shape index (κ2) is 3.71. The van der Waals surface area contributed by atoms with Crippen LogP contribution in [0, 0.1) is 6.92 Å². The Hall–Kier alpha value is 0.130. The summed E-state index contributed by atoms with van der Waals surface area (Å²) in [6.45, 7) is 3.66. The van der Waals surface area contributed by atoms with Crippen LogP contribution in [0.25, 0.3) is 0 Å². The smallest absolute Gasteiger partial charge is 0.139 e. The van der Waals surface area contributed by atoms with Crippen LogP contribution >= 0.6 is 31.9 Å². The highest BCUT2D eigenvalue weighted by atomic mass is 79.9. The zero-order chi connectivity index (χ0) is 9.42. The molecule has 1 aliphatic heterocycles. The molecule has 1 aromatic heterocycles. The van der Waals surface area contributed by atoms with E-state index in [-0.39, 0.29) is 0 Å². The molecule has 0 radical (unpaired) electrons. The van der Waals surface area contributed by atoms with Gasteiger partial charge in [-0.1, -0.05) is 0 Å². The molecule has 0 bridgehead atoms. The molecular weight excluding hydrogens is 300 g/mol. The van der Waals surface area contributed by atoms with Gasteiger partial charge in [-0.3, -0.25) is 0 Å². The lowest BCUT2D eigenvalue weighted by Crippen LogP contribution is -2.10. The Kier molecular flexibility index (Phi) is 2.76. The van der Waals surface area contributed by atoms with Crippen molar-refractivity contribution in [2.45, 2.75) is 19.4 Å². The number of halogens is 2. The first-order valence-corrected chi connectivity index (χ1v) is 5.76. The second-order valence-electron chi connectivity index (χ2n) is 3.13. The summed E-state index contributed by atoms with van der Waals surface area (Å²) >= 11 is 6.90. The molecule has 0 spiro atoms. The summed E-state index contributed by atoms with van der Waals surface area (Å²) in [5, 5.41) is 0. The topological polar surface area (TPSA) is 27.1 Å². The third kappa shape index (κ3) is 1.69. The van der Waals surface area contributed by atoms with Crippen LogP contribution < -0.4 is 0 Å². The summed E-state index contributed by atoms with van der Waals surface area (Å²) in [5.74, 6) is 1.02. The summed E-state index contributed by atoms with van der Waals surface area (Å²) in [5.41, 5.74) is 0. The summed E-state index contributed by atoms with van der Waals surface area (Å²) in [6.07, 6.45) is 1.07. The number of aromatic nitrogens is 2. The van der Waals surface area contributed by atoms with Crippen LogP contribution in [0.5, 0.6) is 0 Å². The van der Waals surface area contributed by atoms with Gasteiger partial charge in [0.05, 0.1) is 12.6 Å². The molecule has 72 valence electrons. The fourth-order valence-electron chi connectivity index (χ4n) is 1.63. The van der Waals surface area contributed by atoms with Gasteiger partial charge in [0.25, 0.3) is 0 Å². The largest absolute Gasteiger partial charge is 0.379 e. The molecule has 0 N–H and O–H groups in total. The van der Waals surface area contributed by atoms with Gasteiger partial charge in [-0.2, -0.15) is 0 Å². The molecule has 0 aliphatic carbocycles. The van der Waals surface area contributed by atoms with Crippen molar-refractivity contribution in [3.05, 3.63) is 15.0 Å². The van der Waals surface area contributed by atoms with Crippen molar-refractivity contribution in [1.82, 2.24) is 9.55 Å². The molecule has 0 aromatic carbocycles. The standard InChI is InChI=1S/C8H10Br2N2O/c1-5-11-7(9)8(10)12(5)6-2-3-13-4-6/h6H,2-4H2,1H3. The van der Waals surface area contributed by atoms with Crippen molar-refractivity contribution in [3.8, 4) is 0 Å². The summed E-state index contributed by atoms with van der Waals surface area (Å²) in [7, 11) is 0. The van der Waals surface area contributed by atoms with Crippen LogP contribution in [0.3, 0.4) is 0 Å². The van der Waals surface area contributed by atoms with Gasteiger partial charge in [-0.15, -0.1) is 0 Å². The predicted octanol–water partition coefficient (Wildman–Crippen LogP) is 2.68. The molecule has 1 aliphatic rings. The summed E-state index contributed by atoms with van der Waals surface area (Å²) in [6, 6.07) is 0.438. The van der Waals surface area contributed by atoms with E-state index in [1.54, 1.807) is 0 Å². The maximum absolute atomic E-state index is 5.35. The van der Waals surface area contributed by atoms with E-state index in [0.717, 1.165) is 34.7 Å². The van der Waals surface area contributed by atoms with Crippen LogP contribution in [0.2, 0.25) is 0 Å². The van der Waals surface area contributed by atoms with Gasteiger partial charge >= 0.3 is 0 Å². The minimum Gasteiger partial charge on any atom is -0.379 e. The molecule has 1 saturated heterocycles. The number of ether oxygens (including phenoxy) is 1. The number of hydrogen-bond acceptors (Lipinski definition) is 2. The molecule has 1 fully saturated rings. The lowest BCUT2D eigenvalue weighted by molar-refractivity contribution is 0.186. The van der Waals surface area contributed by atoms with Crippen molar-refractivity contribution < 1.29 is 4.74 Å². The van der Waals surface area contributed by atoms with Crippen molar-refractivity contribution >= 4 is 31.9 Å². The van der Waals surface area contributed by atoms with E-state index in [0.29, 0.717) is 6.04 Å². The van der Waals surface area contributed by atoms with Crippen molar-refractivity contribution in [2.24, 2.45) is 0 Å². The first-order chi connectivity index (χ1) is 6.20. The Morgan fingerprint density at radius 3 is 2.77 bits per heavy atom. The van der Waals surface area contributed by atoms with Gasteiger partial charge in [-0.05, 0) is 45.2 Å².